The van der Waals surface area contributed by atoms with Crippen molar-refractivity contribution < 1.29 is 4.79 Å². The zero-order chi connectivity index (χ0) is 13.8. The summed E-state index contributed by atoms with van der Waals surface area (Å²) in [6.07, 6.45) is 5.66. The second kappa shape index (κ2) is 6.50. The van der Waals surface area contributed by atoms with E-state index in [9.17, 15) is 4.79 Å². The largest absolute Gasteiger partial charge is 0.293 e. The van der Waals surface area contributed by atoms with Crippen LogP contribution in [0.25, 0.3) is 6.08 Å². The number of amides is 1. The number of rotatable bonds is 3. The van der Waals surface area contributed by atoms with E-state index < -0.39 is 0 Å². The van der Waals surface area contributed by atoms with E-state index in [4.69, 9.17) is 12.2 Å². The molecule has 2 rings (SSSR count). The smallest absolute Gasteiger partial charge is 0.266 e. The van der Waals surface area contributed by atoms with E-state index in [0.29, 0.717) is 15.8 Å². The summed E-state index contributed by atoms with van der Waals surface area (Å²) in [6, 6.07) is 7.98. The Balaban J connectivity index is 2.09. The van der Waals surface area contributed by atoms with Gasteiger partial charge in [-0.2, -0.15) is 0 Å². The van der Waals surface area contributed by atoms with E-state index in [1.807, 2.05) is 49.4 Å². The summed E-state index contributed by atoms with van der Waals surface area (Å²) in [5.74, 6) is -0.00189. The minimum atomic E-state index is -0.00189. The van der Waals surface area contributed by atoms with Gasteiger partial charge in [0.25, 0.3) is 5.91 Å². The maximum Gasteiger partial charge on any atom is 0.266 e. The maximum absolute atomic E-state index is 11.9. The first-order valence-electron chi connectivity index (χ1n) is 5.79. The summed E-state index contributed by atoms with van der Waals surface area (Å²) >= 11 is 9.90. The first-order valence-corrected chi connectivity index (χ1v) is 7.81. The molecule has 1 heterocycles. The molecule has 0 saturated carbocycles. The average Bonchev–Trinajstić information content (AvgIpc) is 2.66. The fourth-order valence-corrected chi connectivity index (χ4v) is 3.21. The lowest BCUT2D eigenvalue weighted by molar-refractivity contribution is -0.122. The molecule has 2 nitrogen and oxygen atoms in total. The molecule has 98 valence electrons. The normalized spacial score (nSPS) is 18.0. The summed E-state index contributed by atoms with van der Waals surface area (Å²) in [7, 11) is 0. The quantitative estimate of drug-likeness (QED) is 0.599. The summed E-state index contributed by atoms with van der Waals surface area (Å²) in [4.78, 5) is 14.2. The van der Waals surface area contributed by atoms with Gasteiger partial charge in [-0.05, 0) is 30.7 Å². The predicted octanol–water partition coefficient (Wildman–Crippen LogP) is 4.23. The number of benzene rings is 1. The molecular weight excluding hydrogens is 342 g/mol. The first kappa shape index (κ1) is 14.5. The summed E-state index contributed by atoms with van der Waals surface area (Å²) in [5, 5.41) is 0. The molecule has 1 saturated heterocycles. The van der Waals surface area contributed by atoms with Crippen LogP contribution in [-0.4, -0.2) is 21.7 Å². The van der Waals surface area contributed by atoms with Crippen LogP contribution in [0.5, 0.6) is 0 Å². The lowest BCUT2D eigenvalue weighted by Crippen LogP contribution is -2.27. The molecule has 0 N–H and O–H groups in total. The number of allylic oxidation sites excluding steroid dienone is 2. The minimum Gasteiger partial charge on any atom is -0.293 e. The molecule has 5 heteroatoms. The molecule has 0 aliphatic carbocycles. The molecule has 1 amide bonds. The van der Waals surface area contributed by atoms with Gasteiger partial charge in [-0.3, -0.25) is 9.69 Å². The van der Waals surface area contributed by atoms with Crippen LogP contribution in [0.2, 0.25) is 0 Å². The van der Waals surface area contributed by atoms with Gasteiger partial charge in [0.05, 0.1) is 4.91 Å². The van der Waals surface area contributed by atoms with Crippen molar-refractivity contribution in [3.63, 3.8) is 0 Å². The Morgan fingerprint density at radius 1 is 1.37 bits per heavy atom. The van der Waals surface area contributed by atoms with Gasteiger partial charge in [0, 0.05) is 11.0 Å². The van der Waals surface area contributed by atoms with Crippen LogP contribution < -0.4 is 0 Å². The first-order chi connectivity index (χ1) is 9.11. The molecule has 0 radical (unpaired) electrons. The van der Waals surface area contributed by atoms with Crippen molar-refractivity contribution in [2.24, 2.45) is 0 Å². The Morgan fingerprint density at radius 3 is 2.63 bits per heavy atom. The van der Waals surface area contributed by atoms with Gasteiger partial charge in [0.1, 0.15) is 4.32 Å². The number of carbonyl (C=O) groups excluding carboxylic acids is 1. The van der Waals surface area contributed by atoms with Crippen molar-refractivity contribution in [1.82, 2.24) is 4.90 Å². The number of halogens is 1. The van der Waals surface area contributed by atoms with Crippen LogP contribution in [0.4, 0.5) is 0 Å². The number of hydrogen-bond acceptors (Lipinski definition) is 3. The molecule has 0 spiro atoms. The van der Waals surface area contributed by atoms with Crippen molar-refractivity contribution in [3.05, 3.63) is 51.4 Å². The summed E-state index contributed by atoms with van der Waals surface area (Å²) in [5.41, 5.74) is 1.09. The second-order valence-electron chi connectivity index (χ2n) is 3.86. The molecule has 1 aliphatic rings. The van der Waals surface area contributed by atoms with Crippen molar-refractivity contribution in [2.75, 3.05) is 6.54 Å². The Kier molecular flexibility index (Phi) is 4.96. The standard InChI is InChI=1S/C14H12BrNOS2/c1-2-16-13(17)12(19-14(16)18)5-3-4-10-6-8-11(15)9-7-10/h3-9H,2H2,1H3. The van der Waals surface area contributed by atoms with Crippen LogP contribution >= 0.6 is 39.9 Å². The minimum absolute atomic E-state index is 0.00189. The van der Waals surface area contributed by atoms with Crippen LogP contribution in [0.1, 0.15) is 12.5 Å². The fraction of sp³-hybridized carbons (Fsp3) is 0.143. The highest BCUT2D eigenvalue weighted by atomic mass is 79.9. The Labute approximate surface area is 130 Å². The monoisotopic (exact) mass is 353 g/mol. The number of thioether (sulfide) groups is 1. The third-order valence-corrected chi connectivity index (χ3v) is 4.52. The highest BCUT2D eigenvalue weighted by molar-refractivity contribution is 9.10. The molecular formula is C14H12BrNOS2. The van der Waals surface area contributed by atoms with Gasteiger partial charge in [-0.1, -0.05) is 64.2 Å². The molecule has 0 bridgehead atoms. The molecule has 1 aliphatic heterocycles. The van der Waals surface area contributed by atoms with Gasteiger partial charge >= 0.3 is 0 Å². The average molecular weight is 354 g/mol. The zero-order valence-corrected chi connectivity index (χ0v) is 13.5. The van der Waals surface area contributed by atoms with Gasteiger partial charge in [0.2, 0.25) is 0 Å². The molecule has 1 aromatic rings. The van der Waals surface area contributed by atoms with E-state index in [2.05, 4.69) is 15.9 Å². The van der Waals surface area contributed by atoms with Gasteiger partial charge in [0.15, 0.2) is 0 Å². The highest BCUT2D eigenvalue weighted by Gasteiger charge is 2.29. The van der Waals surface area contributed by atoms with Gasteiger partial charge in [-0.25, -0.2) is 0 Å². The van der Waals surface area contributed by atoms with E-state index in [-0.39, 0.29) is 5.91 Å². The molecule has 0 aromatic heterocycles. The van der Waals surface area contributed by atoms with Crippen LogP contribution in [0.15, 0.2) is 45.8 Å². The molecule has 19 heavy (non-hydrogen) atoms. The van der Waals surface area contributed by atoms with Crippen LogP contribution in [0.3, 0.4) is 0 Å². The second-order valence-corrected chi connectivity index (χ2v) is 6.45. The van der Waals surface area contributed by atoms with E-state index in [1.165, 1.54) is 11.8 Å². The topological polar surface area (TPSA) is 20.3 Å². The van der Waals surface area contributed by atoms with Crippen molar-refractivity contribution in [2.45, 2.75) is 6.92 Å². The Morgan fingerprint density at radius 2 is 2.05 bits per heavy atom. The predicted molar refractivity (Wildman–Crippen MR) is 88.8 cm³/mol. The van der Waals surface area contributed by atoms with Gasteiger partial charge in [-0.15, -0.1) is 0 Å². The number of thiocarbonyl (C=S) groups is 1. The highest BCUT2D eigenvalue weighted by Crippen LogP contribution is 2.30. The Hall–Kier alpha value is -0.910. The third-order valence-electron chi connectivity index (χ3n) is 2.60. The fourth-order valence-electron chi connectivity index (χ4n) is 1.61. The van der Waals surface area contributed by atoms with Gasteiger partial charge < -0.3 is 0 Å². The molecule has 0 unspecified atom stereocenters. The summed E-state index contributed by atoms with van der Waals surface area (Å²) in [6.45, 7) is 2.55. The summed E-state index contributed by atoms with van der Waals surface area (Å²) < 4.78 is 1.68. The molecule has 1 fully saturated rings. The molecule has 1 aromatic carbocycles. The number of nitrogens with zero attached hydrogens (tertiary/aromatic N) is 1. The van der Waals surface area contributed by atoms with Crippen LogP contribution in [0, 0.1) is 0 Å². The van der Waals surface area contributed by atoms with E-state index in [0.717, 1.165) is 10.0 Å². The number of likely N-dealkylation sites (N-methyl/N-ethyl adjacent to an activating group) is 1. The lowest BCUT2D eigenvalue weighted by atomic mass is 10.2. The number of carbonyl (C=O) groups is 1. The van der Waals surface area contributed by atoms with Crippen molar-refractivity contribution >= 4 is 56.2 Å². The van der Waals surface area contributed by atoms with E-state index >= 15 is 0 Å². The van der Waals surface area contributed by atoms with E-state index in [1.54, 1.807) is 4.90 Å². The number of hydrogen-bond donors (Lipinski definition) is 0. The lowest BCUT2D eigenvalue weighted by Gasteiger charge is -2.09. The molecule has 0 atom stereocenters. The van der Waals surface area contributed by atoms with Crippen LogP contribution in [-0.2, 0) is 4.79 Å². The maximum atomic E-state index is 11.9. The zero-order valence-electron chi connectivity index (χ0n) is 10.3. The third kappa shape index (κ3) is 3.55. The SMILES string of the molecule is CCN1C(=O)C(=CC=Cc2ccc(Br)cc2)SC1=S. The van der Waals surface area contributed by atoms with Crippen molar-refractivity contribution in [1.29, 1.82) is 0 Å². The van der Waals surface area contributed by atoms with Crippen molar-refractivity contribution in [3.8, 4) is 0 Å². The Bertz CT molecular complexity index is 563.